The van der Waals surface area contributed by atoms with Crippen molar-refractivity contribution in [2.75, 3.05) is 13.1 Å². The maximum absolute atomic E-state index is 6.11. The molecule has 84 valence electrons. The number of hydrogen-bond donors (Lipinski definition) is 1. The highest BCUT2D eigenvalue weighted by atomic mass is 35.5. The molecule has 16 heavy (non-hydrogen) atoms. The lowest BCUT2D eigenvalue weighted by Gasteiger charge is -2.08. The van der Waals surface area contributed by atoms with E-state index in [4.69, 9.17) is 11.6 Å². The molecular weight excluding hydrogens is 222 g/mol. The number of nitrogens with one attached hydrogen (secondary N) is 1. The number of nitrogens with zero attached hydrogens (tertiary/aromatic N) is 2. The maximum Gasteiger partial charge on any atom is 0.158 e. The van der Waals surface area contributed by atoms with Gasteiger partial charge in [0, 0.05) is 19.0 Å². The normalized spacial score (nSPS) is 20.8. The average molecular weight is 236 g/mol. The molecule has 1 unspecified atom stereocenters. The van der Waals surface area contributed by atoms with Gasteiger partial charge in [-0.1, -0.05) is 17.7 Å². The Morgan fingerprint density at radius 2 is 2.38 bits per heavy atom. The summed E-state index contributed by atoms with van der Waals surface area (Å²) >= 11 is 6.11. The molecule has 0 spiro atoms. The summed E-state index contributed by atoms with van der Waals surface area (Å²) in [5.74, 6) is 0.626. The van der Waals surface area contributed by atoms with Crippen LogP contribution in [-0.2, 0) is 7.05 Å². The molecule has 0 amide bonds. The molecule has 0 radical (unpaired) electrons. The van der Waals surface area contributed by atoms with Crippen molar-refractivity contribution in [2.45, 2.75) is 12.3 Å². The SMILES string of the molecule is Cn1nc(Cl)c2cc(C3CCNC3)ccc21. The lowest BCUT2D eigenvalue weighted by Crippen LogP contribution is -2.07. The van der Waals surface area contributed by atoms with Crippen LogP contribution in [0.4, 0.5) is 0 Å². The molecule has 3 rings (SSSR count). The van der Waals surface area contributed by atoms with Crippen LogP contribution in [0.5, 0.6) is 0 Å². The minimum atomic E-state index is 0.602. The van der Waals surface area contributed by atoms with Crippen LogP contribution in [0, 0.1) is 0 Å². The summed E-state index contributed by atoms with van der Waals surface area (Å²) in [6.45, 7) is 2.19. The van der Waals surface area contributed by atoms with Crippen molar-refractivity contribution in [2.24, 2.45) is 7.05 Å². The minimum Gasteiger partial charge on any atom is -0.316 e. The molecule has 0 aliphatic carbocycles. The van der Waals surface area contributed by atoms with E-state index in [-0.39, 0.29) is 0 Å². The second-order valence-electron chi connectivity index (χ2n) is 4.38. The standard InChI is InChI=1S/C12H14ClN3/c1-16-11-3-2-8(9-4-5-14-7-9)6-10(11)12(13)15-16/h2-3,6,9,14H,4-5,7H2,1H3. The highest BCUT2D eigenvalue weighted by molar-refractivity contribution is 6.34. The van der Waals surface area contributed by atoms with Crippen LogP contribution in [0.25, 0.3) is 10.9 Å². The number of halogens is 1. The summed E-state index contributed by atoms with van der Waals surface area (Å²) in [4.78, 5) is 0. The lowest BCUT2D eigenvalue weighted by molar-refractivity contribution is 0.764. The average Bonchev–Trinajstić information content (AvgIpc) is 2.88. The van der Waals surface area contributed by atoms with Gasteiger partial charge in [-0.25, -0.2) is 0 Å². The van der Waals surface area contributed by atoms with Crippen molar-refractivity contribution >= 4 is 22.5 Å². The Morgan fingerprint density at radius 3 is 3.12 bits per heavy atom. The van der Waals surface area contributed by atoms with Crippen LogP contribution in [0.15, 0.2) is 18.2 Å². The van der Waals surface area contributed by atoms with Crippen molar-refractivity contribution in [3.63, 3.8) is 0 Å². The number of aryl methyl sites for hydroxylation is 1. The molecule has 1 N–H and O–H groups in total. The van der Waals surface area contributed by atoms with Crippen molar-refractivity contribution in [3.8, 4) is 0 Å². The van der Waals surface area contributed by atoms with Gasteiger partial charge in [-0.3, -0.25) is 4.68 Å². The summed E-state index contributed by atoms with van der Waals surface area (Å²) in [6.07, 6.45) is 1.21. The van der Waals surface area contributed by atoms with Crippen molar-refractivity contribution in [1.82, 2.24) is 15.1 Å². The van der Waals surface area contributed by atoms with Crippen LogP contribution in [-0.4, -0.2) is 22.9 Å². The Balaban J connectivity index is 2.11. The van der Waals surface area contributed by atoms with Gasteiger partial charge in [-0.15, -0.1) is 0 Å². The van der Waals surface area contributed by atoms with Gasteiger partial charge in [0.2, 0.25) is 0 Å². The Hall–Kier alpha value is -1.06. The molecule has 0 saturated carbocycles. The van der Waals surface area contributed by atoms with Gasteiger partial charge in [0.05, 0.1) is 5.52 Å². The number of aromatic nitrogens is 2. The topological polar surface area (TPSA) is 29.9 Å². The molecule has 1 saturated heterocycles. The fourth-order valence-electron chi connectivity index (χ4n) is 2.43. The number of hydrogen-bond acceptors (Lipinski definition) is 2. The third-order valence-corrected chi connectivity index (χ3v) is 3.64. The Morgan fingerprint density at radius 1 is 1.50 bits per heavy atom. The highest BCUT2D eigenvalue weighted by Gasteiger charge is 2.17. The van der Waals surface area contributed by atoms with Crippen molar-refractivity contribution in [3.05, 3.63) is 28.9 Å². The molecule has 1 atom stereocenters. The first-order valence-corrected chi connectivity index (χ1v) is 5.96. The monoisotopic (exact) mass is 235 g/mol. The van der Waals surface area contributed by atoms with Gasteiger partial charge >= 0.3 is 0 Å². The number of fused-ring (bicyclic) bond motifs is 1. The van der Waals surface area contributed by atoms with E-state index in [9.17, 15) is 0 Å². The first kappa shape index (κ1) is 10.1. The van der Waals surface area contributed by atoms with Gasteiger partial charge in [0.1, 0.15) is 0 Å². The Bertz CT molecular complexity index is 526. The first-order valence-electron chi connectivity index (χ1n) is 5.58. The van der Waals surface area contributed by atoms with Gasteiger partial charge in [-0.2, -0.15) is 5.10 Å². The summed E-state index contributed by atoms with van der Waals surface area (Å²) in [6, 6.07) is 6.49. The molecule has 1 aromatic carbocycles. The van der Waals surface area contributed by atoms with Crippen LogP contribution in [0.2, 0.25) is 5.15 Å². The number of benzene rings is 1. The van der Waals surface area contributed by atoms with E-state index < -0.39 is 0 Å². The lowest BCUT2D eigenvalue weighted by atomic mass is 9.97. The Labute approximate surface area is 99.4 Å². The summed E-state index contributed by atoms with van der Waals surface area (Å²) in [5.41, 5.74) is 2.46. The molecular formula is C12H14ClN3. The predicted octanol–water partition coefficient (Wildman–Crippen LogP) is 2.30. The third-order valence-electron chi connectivity index (χ3n) is 3.36. The fourth-order valence-corrected chi connectivity index (χ4v) is 2.70. The summed E-state index contributed by atoms with van der Waals surface area (Å²) in [7, 11) is 1.92. The fraction of sp³-hybridized carbons (Fsp3) is 0.417. The molecule has 1 aliphatic heterocycles. The van der Waals surface area contributed by atoms with E-state index >= 15 is 0 Å². The summed E-state index contributed by atoms with van der Waals surface area (Å²) < 4.78 is 1.83. The molecule has 3 nitrogen and oxygen atoms in total. The zero-order valence-corrected chi connectivity index (χ0v) is 9.96. The van der Waals surface area contributed by atoms with E-state index in [1.807, 2.05) is 11.7 Å². The quantitative estimate of drug-likeness (QED) is 0.822. The zero-order chi connectivity index (χ0) is 11.1. The Kier molecular flexibility index (Phi) is 2.37. The largest absolute Gasteiger partial charge is 0.316 e. The van der Waals surface area contributed by atoms with Crippen LogP contribution >= 0.6 is 11.6 Å². The molecule has 1 fully saturated rings. The second kappa shape index (κ2) is 3.75. The van der Waals surface area contributed by atoms with Crippen molar-refractivity contribution in [1.29, 1.82) is 0 Å². The van der Waals surface area contributed by atoms with Gasteiger partial charge in [-0.05, 0) is 36.6 Å². The summed E-state index contributed by atoms with van der Waals surface area (Å²) in [5, 5.41) is 9.27. The molecule has 0 bridgehead atoms. The molecule has 1 aliphatic rings. The molecule has 1 aromatic heterocycles. The third kappa shape index (κ3) is 1.51. The van der Waals surface area contributed by atoms with E-state index in [0.29, 0.717) is 11.1 Å². The maximum atomic E-state index is 6.11. The van der Waals surface area contributed by atoms with Gasteiger partial charge in [0.25, 0.3) is 0 Å². The zero-order valence-electron chi connectivity index (χ0n) is 9.20. The van der Waals surface area contributed by atoms with Crippen molar-refractivity contribution < 1.29 is 0 Å². The van der Waals surface area contributed by atoms with Crippen LogP contribution in [0.3, 0.4) is 0 Å². The molecule has 4 heteroatoms. The molecule has 2 aromatic rings. The van der Waals surface area contributed by atoms with E-state index in [0.717, 1.165) is 24.0 Å². The second-order valence-corrected chi connectivity index (χ2v) is 4.74. The highest BCUT2D eigenvalue weighted by Crippen LogP contribution is 2.28. The van der Waals surface area contributed by atoms with E-state index in [1.54, 1.807) is 0 Å². The minimum absolute atomic E-state index is 0.602. The predicted molar refractivity (Wildman–Crippen MR) is 66.0 cm³/mol. The smallest absolute Gasteiger partial charge is 0.158 e. The van der Waals surface area contributed by atoms with Crippen LogP contribution < -0.4 is 5.32 Å². The van der Waals surface area contributed by atoms with Crippen LogP contribution in [0.1, 0.15) is 17.9 Å². The molecule has 2 heterocycles. The van der Waals surface area contributed by atoms with Gasteiger partial charge < -0.3 is 5.32 Å². The van der Waals surface area contributed by atoms with E-state index in [1.165, 1.54) is 12.0 Å². The number of rotatable bonds is 1. The van der Waals surface area contributed by atoms with E-state index in [2.05, 4.69) is 28.6 Å². The van der Waals surface area contributed by atoms with Gasteiger partial charge in [0.15, 0.2) is 5.15 Å². The first-order chi connectivity index (χ1) is 7.75.